The van der Waals surface area contributed by atoms with Crippen LogP contribution in [0.3, 0.4) is 0 Å². The summed E-state index contributed by atoms with van der Waals surface area (Å²) in [5.74, 6) is 0.0798. The third-order valence-corrected chi connectivity index (χ3v) is 3.18. The third kappa shape index (κ3) is 2.01. The highest BCUT2D eigenvalue weighted by atomic mass is 16.6. The number of oxime groups is 1. The molecule has 1 aromatic rings. The van der Waals surface area contributed by atoms with Crippen molar-refractivity contribution in [2.45, 2.75) is 6.42 Å². The van der Waals surface area contributed by atoms with Gasteiger partial charge in [-0.2, -0.15) is 0 Å². The number of hydrogen-bond acceptors (Lipinski definition) is 3. The van der Waals surface area contributed by atoms with Gasteiger partial charge >= 0.3 is 0 Å². The van der Waals surface area contributed by atoms with E-state index in [2.05, 4.69) is 5.16 Å². The van der Waals surface area contributed by atoms with Crippen molar-refractivity contribution in [1.82, 2.24) is 4.90 Å². The second-order valence-electron chi connectivity index (χ2n) is 4.38. The lowest BCUT2D eigenvalue weighted by Crippen LogP contribution is -2.28. The number of carbonyl (C=O) groups is 1. The van der Waals surface area contributed by atoms with Crippen molar-refractivity contribution in [3.63, 3.8) is 0 Å². The van der Waals surface area contributed by atoms with Crippen LogP contribution in [0, 0.1) is 0 Å². The number of rotatable bonds is 2. The topological polar surface area (TPSA) is 41.9 Å². The first-order chi connectivity index (χ1) is 8.84. The van der Waals surface area contributed by atoms with E-state index in [1.165, 1.54) is 0 Å². The lowest BCUT2D eigenvalue weighted by atomic mass is 10.1. The molecule has 0 spiro atoms. The van der Waals surface area contributed by atoms with Crippen molar-refractivity contribution in [2.75, 3.05) is 19.7 Å². The number of amides is 1. The summed E-state index contributed by atoms with van der Waals surface area (Å²) in [6, 6.07) is 7.59. The first kappa shape index (κ1) is 11.0. The molecule has 0 N–H and O–H groups in total. The molecule has 4 heteroatoms. The Kier molecular flexibility index (Phi) is 2.84. The molecule has 0 aromatic heterocycles. The maximum atomic E-state index is 12.1. The van der Waals surface area contributed by atoms with Crippen LogP contribution < -0.4 is 0 Å². The van der Waals surface area contributed by atoms with Gasteiger partial charge < -0.3 is 9.74 Å². The van der Waals surface area contributed by atoms with Crippen LogP contribution in [-0.4, -0.2) is 36.2 Å². The molecular weight excluding hydrogens is 228 g/mol. The Bertz CT molecular complexity index is 509. The molecule has 92 valence electrons. The normalized spacial score (nSPS) is 17.8. The molecule has 1 aromatic carbocycles. The summed E-state index contributed by atoms with van der Waals surface area (Å²) in [6.45, 7) is 2.07. The number of carbonyl (C=O) groups excluding carboxylic acids is 1. The molecule has 0 bridgehead atoms. The van der Waals surface area contributed by atoms with E-state index < -0.39 is 0 Å². The van der Waals surface area contributed by atoms with Gasteiger partial charge in [-0.3, -0.25) is 4.79 Å². The van der Waals surface area contributed by atoms with Crippen LogP contribution >= 0.6 is 0 Å². The van der Waals surface area contributed by atoms with Gasteiger partial charge in [0.2, 0.25) is 0 Å². The Hall–Kier alpha value is -2.10. The molecule has 2 heterocycles. The lowest BCUT2D eigenvalue weighted by molar-refractivity contribution is 0.0800. The molecule has 2 aliphatic heterocycles. The quantitative estimate of drug-likeness (QED) is 0.742. The van der Waals surface area contributed by atoms with E-state index in [9.17, 15) is 4.79 Å². The minimum absolute atomic E-state index is 0.0798. The van der Waals surface area contributed by atoms with Gasteiger partial charge in [0.05, 0.1) is 5.71 Å². The predicted molar refractivity (Wildman–Crippen MR) is 68.6 cm³/mol. The number of benzene rings is 1. The van der Waals surface area contributed by atoms with Gasteiger partial charge in [-0.1, -0.05) is 29.4 Å². The Balaban J connectivity index is 1.76. The molecule has 4 nitrogen and oxygen atoms in total. The molecule has 0 fully saturated rings. The summed E-state index contributed by atoms with van der Waals surface area (Å²) >= 11 is 0. The maximum Gasteiger partial charge on any atom is 0.254 e. The van der Waals surface area contributed by atoms with Gasteiger partial charge in [0.15, 0.2) is 0 Å². The summed E-state index contributed by atoms with van der Waals surface area (Å²) in [7, 11) is 0. The van der Waals surface area contributed by atoms with Gasteiger partial charge in [0.25, 0.3) is 5.91 Å². The van der Waals surface area contributed by atoms with E-state index in [-0.39, 0.29) is 5.91 Å². The Morgan fingerprint density at radius 3 is 2.50 bits per heavy atom. The molecule has 18 heavy (non-hydrogen) atoms. The largest absolute Gasteiger partial charge is 0.395 e. The van der Waals surface area contributed by atoms with E-state index in [4.69, 9.17) is 4.84 Å². The van der Waals surface area contributed by atoms with Crippen LogP contribution in [0.25, 0.3) is 0 Å². The van der Waals surface area contributed by atoms with Gasteiger partial charge in [-0.25, -0.2) is 0 Å². The molecule has 0 unspecified atom stereocenters. The van der Waals surface area contributed by atoms with Crippen LogP contribution in [0.4, 0.5) is 0 Å². The second-order valence-corrected chi connectivity index (χ2v) is 4.38. The summed E-state index contributed by atoms with van der Waals surface area (Å²) in [5.41, 5.74) is 2.71. The lowest BCUT2D eigenvalue weighted by Gasteiger charge is -2.15. The van der Waals surface area contributed by atoms with Crippen molar-refractivity contribution in [3.8, 4) is 0 Å². The highest BCUT2D eigenvalue weighted by molar-refractivity contribution is 6.02. The molecule has 0 atom stereocenters. The first-order valence-electron chi connectivity index (χ1n) is 6.08. The van der Waals surface area contributed by atoms with Gasteiger partial charge in [0.1, 0.15) is 6.61 Å². The smallest absolute Gasteiger partial charge is 0.254 e. The first-order valence-corrected chi connectivity index (χ1v) is 6.08. The fourth-order valence-corrected chi connectivity index (χ4v) is 2.14. The second kappa shape index (κ2) is 4.64. The molecule has 1 amide bonds. The highest BCUT2D eigenvalue weighted by Crippen LogP contribution is 2.14. The van der Waals surface area contributed by atoms with E-state index in [0.717, 1.165) is 23.3 Å². The predicted octanol–water partition coefficient (Wildman–Crippen LogP) is 1.82. The Morgan fingerprint density at radius 1 is 1.17 bits per heavy atom. The molecule has 0 aliphatic carbocycles. The summed E-state index contributed by atoms with van der Waals surface area (Å²) < 4.78 is 0. The fourth-order valence-electron chi connectivity index (χ4n) is 2.14. The number of hydrogen-bond donors (Lipinski definition) is 0. The molecule has 2 aliphatic rings. The van der Waals surface area contributed by atoms with E-state index >= 15 is 0 Å². The Labute approximate surface area is 106 Å². The summed E-state index contributed by atoms with van der Waals surface area (Å²) in [5, 5.41) is 3.97. The van der Waals surface area contributed by atoms with E-state index in [0.29, 0.717) is 19.7 Å². The van der Waals surface area contributed by atoms with Crippen molar-refractivity contribution >= 4 is 11.6 Å². The van der Waals surface area contributed by atoms with Crippen molar-refractivity contribution in [3.05, 3.63) is 47.5 Å². The molecule has 3 rings (SSSR count). The SMILES string of the molecule is O=C(c1ccc(C2=NOCC2)cc1)N1CC=CC1. The zero-order valence-electron chi connectivity index (χ0n) is 10.0. The van der Waals surface area contributed by atoms with Gasteiger partial charge in [-0.15, -0.1) is 0 Å². The zero-order chi connectivity index (χ0) is 12.4. The average molecular weight is 242 g/mol. The summed E-state index contributed by atoms with van der Waals surface area (Å²) in [6.07, 6.45) is 4.86. The molecule has 0 radical (unpaired) electrons. The minimum Gasteiger partial charge on any atom is -0.395 e. The highest BCUT2D eigenvalue weighted by Gasteiger charge is 2.17. The van der Waals surface area contributed by atoms with Crippen molar-refractivity contribution in [2.24, 2.45) is 5.16 Å². The van der Waals surface area contributed by atoms with E-state index in [1.54, 1.807) is 0 Å². The maximum absolute atomic E-state index is 12.1. The third-order valence-electron chi connectivity index (χ3n) is 3.18. The van der Waals surface area contributed by atoms with Crippen molar-refractivity contribution in [1.29, 1.82) is 0 Å². The van der Waals surface area contributed by atoms with Crippen LogP contribution in [0.2, 0.25) is 0 Å². The summed E-state index contributed by atoms with van der Waals surface area (Å²) in [4.78, 5) is 18.9. The van der Waals surface area contributed by atoms with Crippen LogP contribution in [-0.2, 0) is 4.84 Å². The monoisotopic (exact) mass is 242 g/mol. The van der Waals surface area contributed by atoms with Crippen molar-refractivity contribution < 1.29 is 9.63 Å². The standard InChI is InChI=1S/C14H14N2O2/c17-14(16-8-1-2-9-16)12-5-3-11(4-6-12)13-7-10-18-15-13/h1-6H,7-10H2. The number of nitrogens with zero attached hydrogens (tertiary/aromatic N) is 2. The van der Waals surface area contributed by atoms with Crippen LogP contribution in [0.5, 0.6) is 0 Å². The minimum atomic E-state index is 0.0798. The van der Waals surface area contributed by atoms with Crippen LogP contribution in [0.15, 0.2) is 41.6 Å². The van der Waals surface area contributed by atoms with Gasteiger partial charge in [0, 0.05) is 25.1 Å². The molecule has 0 saturated carbocycles. The Morgan fingerprint density at radius 2 is 1.89 bits per heavy atom. The molecule has 0 saturated heterocycles. The fraction of sp³-hybridized carbons (Fsp3) is 0.286. The molecular formula is C14H14N2O2. The van der Waals surface area contributed by atoms with Gasteiger partial charge in [-0.05, 0) is 17.7 Å². The van der Waals surface area contributed by atoms with Crippen LogP contribution in [0.1, 0.15) is 22.3 Å². The van der Waals surface area contributed by atoms with E-state index in [1.807, 2.05) is 41.3 Å². The zero-order valence-corrected chi connectivity index (χ0v) is 10.0. The average Bonchev–Trinajstić information content (AvgIpc) is 3.11.